The van der Waals surface area contributed by atoms with Crippen LogP contribution in [0.15, 0.2) is 24.4 Å². The fraction of sp³-hybridized carbons (Fsp3) is 0.300. The van der Waals surface area contributed by atoms with Gasteiger partial charge >= 0.3 is 0 Å². The smallest absolute Gasteiger partial charge is 0.0682 e. The molecule has 3 heteroatoms. The van der Waals surface area contributed by atoms with Crippen molar-refractivity contribution in [1.29, 1.82) is 0 Å². The zero-order valence-corrected chi connectivity index (χ0v) is 7.86. The van der Waals surface area contributed by atoms with Gasteiger partial charge in [0.1, 0.15) is 0 Å². The summed E-state index contributed by atoms with van der Waals surface area (Å²) in [6.45, 7) is 1.99. The number of rotatable bonds is 1. The number of aryl methyl sites for hydroxylation is 1. The van der Waals surface area contributed by atoms with E-state index in [2.05, 4.69) is 11.2 Å². The molecule has 0 saturated heterocycles. The molecule has 0 amide bonds. The summed E-state index contributed by atoms with van der Waals surface area (Å²) < 4.78 is 1.86. The van der Waals surface area contributed by atoms with Crippen LogP contribution in [0.2, 0.25) is 0 Å². The van der Waals surface area contributed by atoms with E-state index in [1.807, 2.05) is 37.0 Å². The van der Waals surface area contributed by atoms with Gasteiger partial charge in [0.15, 0.2) is 0 Å². The summed E-state index contributed by atoms with van der Waals surface area (Å²) in [6, 6.07) is 6.18. The second-order valence-electron chi connectivity index (χ2n) is 3.34. The van der Waals surface area contributed by atoms with E-state index in [4.69, 9.17) is 5.73 Å². The lowest BCUT2D eigenvalue weighted by molar-refractivity contribution is 0.796. The number of benzene rings is 1. The van der Waals surface area contributed by atoms with Gasteiger partial charge in [0.05, 0.1) is 11.7 Å². The molecule has 0 radical (unpaired) electrons. The van der Waals surface area contributed by atoms with Crippen molar-refractivity contribution in [2.24, 2.45) is 12.8 Å². The quantitative estimate of drug-likeness (QED) is 0.715. The molecule has 0 fully saturated rings. The second kappa shape index (κ2) is 2.85. The normalized spacial score (nSPS) is 13.5. The molecule has 0 bridgehead atoms. The molecule has 0 aliphatic rings. The molecule has 68 valence electrons. The van der Waals surface area contributed by atoms with Crippen molar-refractivity contribution in [3.63, 3.8) is 0 Å². The van der Waals surface area contributed by atoms with E-state index < -0.39 is 0 Å². The largest absolute Gasteiger partial charge is 0.324 e. The van der Waals surface area contributed by atoms with Crippen LogP contribution >= 0.6 is 0 Å². The molecule has 1 atom stereocenters. The van der Waals surface area contributed by atoms with Crippen LogP contribution in [0.3, 0.4) is 0 Å². The lowest BCUT2D eigenvalue weighted by Crippen LogP contribution is -2.05. The van der Waals surface area contributed by atoms with Gasteiger partial charge in [-0.2, -0.15) is 5.10 Å². The molecule has 1 aromatic heterocycles. The van der Waals surface area contributed by atoms with E-state index in [1.54, 1.807) is 0 Å². The summed E-state index contributed by atoms with van der Waals surface area (Å²) in [5.74, 6) is 0. The molecule has 2 rings (SSSR count). The Morgan fingerprint density at radius 3 is 2.92 bits per heavy atom. The molecule has 2 aromatic rings. The maximum absolute atomic E-state index is 5.85. The first kappa shape index (κ1) is 8.26. The number of hydrogen-bond donors (Lipinski definition) is 1. The van der Waals surface area contributed by atoms with Gasteiger partial charge in [-0.3, -0.25) is 4.68 Å². The number of aromatic nitrogens is 2. The van der Waals surface area contributed by atoms with Crippen LogP contribution in [0.25, 0.3) is 10.9 Å². The predicted octanol–water partition coefficient (Wildman–Crippen LogP) is 1.59. The molecule has 1 aromatic carbocycles. The molecule has 0 spiro atoms. The van der Waals surface area contributed by atoms with Crippen LogP contribution in [0.4, 0.5) is 0 Å². The fourth-order valence-corrected chi connectivity index (χ4v) is 1.60. The van der Waals surface area contributed by atoms with Crippen molar-refractivity contribution in [1.82, 2.24) is 9.78 Å². The zero-order valence-electron chi connectivity index (χ0n) is 7.86. The summed E-state index contributed by atoms with van der Waals surface area (Å²) in [5.41, 5.74) is 8.14. The molecule has 2 N–H and O–H groups in total. The standard InChI is InChI=1S/C10H13N3/c1-7(11)8-4-3-5-10-9(8)6-12-13(10)2/h3-7H,11H2,1-2H3. The highest BCUT2D eigenvalue weighted by Gasteiger charge is 2.07. The Kier molecular flexibility index (Phi) is 1.81. The van der Waals surface area contributed by atoms with Gasteiger partial charge in [-0.25, -0.2) is 0 Å². The Morgan fingerprint density at radius 1 is 1.46 bits per heavy atom. The molecular formula is C10H13N3. The molecule has 1 heterocycles. The van der Waals surface area contributed by atoms with E-state index >= 15 is 0 Å². The fourth-order valence-electron chi connectivity index (χ4n) is 1.60. The maximum Gasteiger partial charge on any atom is 0.0682 e. The highest BCUT2D eigenvalue weighted by atomic mass is 15.2. The zero-order chi connectivity index (χ0) is 9.42. The van der Waals surface area contributed by atoms with Crippen LogP contribution in [0.1, 0.15) is 18.5 Å². The van der Waals surface area contributed by atoms with Gasteiger partial charge in [0, 0.05) is 18.5 Å². The average Bonchev–Trinajstić information content (AvgIpc) is 2.48. The van der Waals surface area contributed by atoms with Crippen molar-refractivity contribution in [3.8, 4) is 0 Å². The van der Waals surface area contributed by atoms with E-state index in [9.17, 15) is 0 Å². The summed E-state index contributed by atoms with van der Waals surface area (Å²) in [5, 5.41) is 5.35. The molecule has 13 heavy (non-hydrogen) atoms. The predicted molar refractivity (Wildman–Crippen MR) is 53.3 cm³/mol. The molecule has 3 nitrogen and oxygen atoms in total. The third-order valence-electron chi connectivity index (χ3n) is 2.32. The topological polar surface area (TPSA) is 43.8 Å². The highest BCUT2D eigenvalue weighted by Crippen LogP contribution is 2.21. The third-order valence-corrected chi connectivity index (χ3v) is 2.32. The summed E-state index contributed by atoms with van der Waals surface area (Å²) in [7, 11) is 1.94. The van der Waals surface area contributed by atoms with Gasteiger partial charge in [0.25, 0.3) is 0 Å². The van der Waals surface area contributed by atoms with E-state index in [-0.39, 0.29) is 6.04 Å². The Balaban J connectivity index is 2.77. The molecule has 0 aliphatic carbocycles. The van der Waals surface area contributed by atoms with Crippen molar-refractivity contribution < 1.29 is 0 Å². The summed E-state index contributed by atoms with van der Waals surface area (Å²) in [6.07, 6.45) is 1.87. The van der Waals surface area contributed by atoms with Gasteiger partial charge in [-0.1, -0.05) is 12.1 Å². The monoisotopic (exact) mass is 175 g/mol. The third kappa shape index (κ3) is 1.21. The maximum atomic E-state index is 5.85. The van der Waals surface area contributed by atoms with Crippen LogP contribution in [0, 0.1) is 0 Å². The van der Waals surface area contributed by atoms with Gasteiger partial charge in [-0.05, 0) is 18.6 Å². The van der Waals surface area contributed by atoms with Crippen molar-refractivity contribution in [3.05, 3.63) is 30.0 Å². The lowest BCUT2D eigenvalue weighted by atomic mass is 10.1. The van der Waals surface area contributed by atoms with Crippen LogP contribution in [-0.4, -0.2) is 9.78 Å². The van der Waals surface area contributed by atoms with E-state index in [1.165, 1.54) is 0 Å². The molecular weight excluding hydrogens is 162 g/mol. The van der Waals surface area contributed by atoms with Crippen LogP contribution in [0.5, 0.6) is 0 Å². The first-order valence-corrected chi connectivity index (χ1v) is 4.36. The summed E-state index contributed by atoms with van der Waals surface area (Å²) in [4.78, 5) is 0. The number of fused-ring (bicyclic) bond motifs is 1. The van der Waals surface area contributed by atoms with Crippen LogP contribution < -0.4 is 5.73 Å². The molecule has 0 aliphatic heterocycles. The van der Waals surface area contributed by atoms with Crippen molar-refractivity contribution in [2.75, 3.05) is 0 Å². The first-order chi connectivity index (χ1) is 6.20. The molecule has 1 unspecified atom stereocenters. The number of nitrogens with two attached hydrogens (primary N) is 1. The highest BCUT2D eigenvalue weighted by molar-refractivity contribution is 5.82. The van der Waals surface area contributed by atoms with Gasteiger partial charge < -0.3 is 5.73 Å². The lowest BCUT2D eigenvalue weighted by Gasteiger charge is -2.06. The Labute approximate surface area is 77.2 Å². The van der Waals surface area contributed by atoms with Crippen molar-refractivity contribution >= 4 is 10.9 Å². The molecule has 0 saturated carbocycles. The number of nitrogens with zero attached hydrogens (tertiary/aromatic N) is 2. The van der Waals surface area contributed by atoms with Gasteiger partial charge in [0.2, 0.25) is 0 Å². The van der Waals surface area contributed by atoms with Crippen LogP contribution in [-0.2, 0) is 7.05 Å². The minimum atomic E-state index is 0.0629. The second-order valence-corrected chi connectivity index (χ2v) is 3.34. The minimum absolute atomic E-state index is 0.0629. The van der Waals surface area contributed by atoms with Gasteiger partial charge in [-0.15, -0.1) is 0 Å². The first-order valence-electron chi connectivity index (χ1n) is 4.36. The summed E-state index contributed by atoms with van der Waals surface area (Å²) >= 11 is 0. The Bertz CT molecular complexity index is 429. The Hall–Kier alpha value is -1.35. The van der Waals surface area contributed by atoms with E-state index in [0.29, 0.717) is 0 Å². The van der Waals surface area contributed by atoms with Crippen molar-refractivity contribution in [2.45, 2.75) is 13.0 Å². The Morgan fingerprint density at radius 2 is 2.23 bits per heavy atom. The van der Waals surface area contributed by atoms with E-state index in [0.717, 1.165) is 16.5 Å². The SMILES string of the molecule is CC(N)c1cccc2c1cnn2C. The minimum Gasteiger partial charge on any atom is -0.324 e. The average molecular weight is 175 g/mol. The number of hydrogen-bond acceptors (Lipinski definition) is 2.